The van der Waals surface area contributed by atoms with Gasteiger partial charge in [0.25, 0.3) is 0 Å². The number of nitrogens with zero attached hydrogens (tertiary/aromatic N) is 1. The van der Waals surface area contributed by atoms with Gasteiger partial charge in [0.15, 0.2) is 5.75 Å². The van der Waals surface area contributed by atoms with Crippen LogP contribution in [0.1, 0.15) is 19.8 Å². The fraction of sp³-hybridized carbons (Fsp3) is 0.462. The SMILES string of the molecule is COc1cccc(NC(C)C(=O)NC2CC2)c1[N+](=O)[O-]. The third kappa shape index (κ3) is 3.17. The Labute approximate surface area is 116 Å². The van der Waals surface area contributed by atoms with Gasteiger partial charge in [0.2, 0.25) is 5.91 Å². The molecule has 2 rings (SSSR count). The van der Waals surface area contributed by atoms with Crippen molar-refractivity contribution in [2.75, 3.05) is 12.4 Å². The highest BCUT2D eigenvalue weighted by Crippen LogP contribution is 2.34. The average molecular weight is 279 g/mol. The van der Waals surface area contributed by atoms with Crippen molar-refractivity contribution in [3.8, 4) is 5.75 Å². The topological polar surface area (TPSA) is 93.5 Å². The summed E-state index contributed by atoms with van der Waals surface area (Å²) in [7, 11) is 1.37. The van der Waals surface area contributed by atoms with Crippen LogP contribution in [-0.4, -0.2) is 30.0 Å². The maximum Gasteiger partial charge on any atom is 0.333 e. The number of nitro benzene ring substituents is 1. The standard InChI is InChI=1S/C13H17N3O4/c1-8(13(17)15-9-6-7-9)14-10-4-3-5-11(20-2)12(10)16(18)19/h3-5,8-9,14H,6-7H2,1-2H3,(H,15,17). The number of nitro groups is 1. The third-order valence-electron chi connectivity index (χ3n) is 3.09. The molecule has 1 fully saturated rings. The molecule has 1 atom stereocenters. The molecule has 20 heavy (non-hydrogen) atoms. The average Bonchev–Trinajstić information content (AvgIpc) is 3.21. The summed E-state index contributed by atoms with van der Waals surface area (Å²) >= 11 is 0. The maximum atomic E-state index is 11.9. The first-order valence-corrected chi connectivity index (χ1v) is 6.41. The largest absolute Gasteiger partial charge is 0.490 e. The number of hydrogen-bond donors (Lipinski definition) is 2. The van der Waals surface area contributed by atoms with E-state index < -0.39 is 11.0 Å². The number of carbonyl (C=O) groups is 1. The summed E-state index contributed by atoms with van der Waals surface area (Å²) in [6, 6.07) is 4.41. The Kier molecular flexibility index (Phi) is 4.07. The predicted molar refractivity (Wildman–Crippen MR) is 73.9 cm³/mol. The van der Waals surface area contributed by atoms with Gasteiger partial charge in [-0.05, 0) is 31.9 Å². The summed E-state index contributed by atoms with van der Waals surface area (Å²) in [4.78, 5) is 22.5. The van der Waals surface area contributed by atoms with Crippen molar-refractivity contribution in [2.45, 2.75) is 31.8 Å². The molecule has 0 aliphatic heterocycles. The van der Waals surface area contributed by atoms with Gasteiger partial charge in [0.05, 0.1) is 12.0 Å². The van der Waals surface area contributed by atoms with Gasteiger partial charge in [-0.3, -0.25) is 14.9 Å². The first-order chi connectivity index (χ1) is 9.52. The lowest BCUT2D eigenvalue weighted by atomic mass is 10.2. The van der Waals surface area contributed by atoms with Crippen molar-refractivity contribution in [1.82, 2.24) is 5.32 Å². The maximum absolute atomic E-state index is 11.9. The minimum absolute atomic E-state index is 0.162. The van der Waals surface area contributed by atoms with Gasteiger partial charge in [0, 0.05) is 6.04 Å². The molecule has 2 N–H and O–H groups in total. The summed E-state index contributed by atoms with van der Waals surface area (Å²) in [6.45, 7) is 1.67. The minimum atomic E-state index is -0.554. The van der Waals surface area contributed by atoms with Crippen LogP contribution in [0.25, 0.3) is 0 Å². The van der Waals surface area contributed by atoms with E-state index in [2.05, 4.69) is 10.6 Å². The van der Waals surface area contributed by atoms with Gasteiger partial charge in [-0.2, -0.15) is 0 Å². The van der Waals surface area contributed by atoms with E-state index in [1.165, 1.54) is 13.2 Å². The number of ether oxygens (including phenoxy) is 1. The number of nitrogens with one attached hydrogen (secondary N) is 2. The molecule has 0 bridgehead atoms. The summed E-state index contributed by atoms with van der Waals surface area (Å²) in [5, 5.41) is 16.8. The van der Waals surface area contributed by atoms with E-state index in [1.807, 2.05) is 0 Å². The Morgan fingerprint density at radius 2 is 2.20 bits per heavy atom. The van der Waals surface area contributed by atoms with Crippen molar-refractivity contribution in [2.24, 2.45) is 0 Å². The Morgan fingerprint density at radius 1 is 1.50 bits per heavy atom. The van der Waals surface area contributed by atoms with Gasteiger partial charge in [-0.1, -0.05) is 6.07 Å². The Balaban J connectivity index is 2.15. The lowest BCUT2D eigenvalue weighted by molar-refractivity contribution is -0.384. The Bertz CT molecular complexity index is 528. The first-order valence-electron chi connectivity index (χ1n) is 6.41. The zero-order valence-corrected chi connectivity index (χ0v) is 11.4. The quantitative estimate of drug-likeness (QED) is 0.610. The van der Waals surface area contributed by atoms with Crippen molar-refractivity contribution in [3.63, 3.8) is 0 Å². The highest BCUT2D eigenvalue weighted by atomic mass is 16.6. The second kappa shape index (κ2) is 5.77. The third-order valence-corrected chi connectivity index (χ3v) is 3.09. The highest BCUT2D eigenvalue weighted by Gasteiger charge is 2.27. The summed E-state index contributed by atoms with van der Waals surface area (Å²) in [5.41, 5.74) is 0.105. The zero-order valence-electron chi connectivity index (χ0n) is 11.4. The molecule has 0 radical (unpaired) electrons. The van der Waals surface area contributed by atoms with E-state index in [9.17, 15) is 14.9 Å². The van der Waals surface area contributed by atoms with E-state index in [4.69, 9.17) is 4.74 Å². The smallest absolute Gasteiger partial charge is 0.333 e. The van der Waals surface area contributed by atoms with Crippen molar-refractivity contribution < 1.29 is 14.5 Å². The number of hydrogen-bond acceptors (Lipinski definition) is 5. The molecule has 1 aromatic carbocycles. The number of carbonyl (C=O) groups excluding carboxylic acids is 1. The molecule has 7 heteroatoms. The van der Waals surface area contributed by atoms with Gasteiger partial charge in [-0.15, -0.1) is 0 Å². The van der Waals surface area contributed by atoms with Crippen LogP contribution in [0.5, 0.6) is 5.75 Å². The van der Waals surface area contributed by atoms with E-state index in [1.54, 1.807) is 19.1 Å². The van der Waals surface area contributed by atoms with E-state index in [0.29, 0.717) is 0 Å². The van der Waals surface area contributed by atoms with Crippen LogP contribution in [0.3, 0.4) is 0 Å². The van der Waals surface area contributed by atoms with Crippen LogP contribution in [-0.2, 0) is 4.79 Å². The zero-order chi connectivity index (χ0) is 14.7. The number of methoxy groups -OCH3 is 1. The minimum Gasteiger partial charge on any atom is -0.490 e. The number of para-hydroxylation sites is 1. The molecule has 1 saturated carbocycles. The van der Waals surface area contributed by atoms with Gasteiger partial charge in [0.1, 0.15) is 11.7 Å². The highest BCUT2D eigenvalue weighted by molar-refractivity contribution is 5.86. The second-order valence-corrected chi connectivity index (χ2v) is 4.76. The molecule has 0 saturated heterocycles. The van der Waals surface area contributed by atoms with Crippen LogP contribution in [0.15, 0.2) is 18.2 Å². The molecule has 108 valence electrons. The molecular formula is C13H17N3O4. The van der Waals surface area contributed by atoms with E-state index in [0.717, 1.165) is 12.8 Å². The summed E-state index contributed by atoms with van der Waals surface area (Å²) in [5.74, 6) is -0.000538. The normalized spacial score (nSPS) is 15.3. The van der Waals surface area contributed by atoms with Crippen molar-refractivity contribution in [1.29, 1.82) is 0 Å². The fourth-order valence-corrected chi connectivity index (χ4v) is 1.84. The van der Waals surface area contributed by atoms with E-state index >= 15 is 0 Å². The molecule has 1 unspecified atom stereocenters. The molecule has 0 spiro atoms. The summed E-state index contributed by atoms with van der Waals surface area (Å²) < 4.78 is 4.98. The Hall–Kier alpha value is -2.31. The lowest BCUT2D eigenvalue weighted by Gasteiger charge is -2.15. The lowest BCUT2D eigenvalue weighted by Crippen LogP contribution is -2.38. The van der Waals surface area contributed by atoms with Gasteiger partial charge in [-0.25, -0.2) is 0 Å². The molecule has 1 aliphatic carbocycles. The molecule has 1 aromatic rings. The molecule has 1 amide bonds. The van der Waals surface area contributed by atoms with Crippen molar-refractivity contribution >= 4 is 17.3 Å². The molecule has 1 aliphatic rings. The number of benzene rings is 1. The van der Waals surface area contributed by atoms with Crippen LogP contribution < -0.4 is 15.4 Å². The molecule has 0 aromatic heterocycles. The molecule has 7 nitrogen and oxygen atoms in total. The van der Waals surface area contributed by atoms with Gasteiger partial charge < -0.3 is 15.4 Å². The predicted octanol–water partition coefficient (Wildman–Crippen LogP) is 1.68. The van der Waals surface area contributed by atoms with Crippen molar-refractivity contribution in [3.05, 3.63) is 28.3 Å². The van der Waals surface area contributed by atoms with Crippen LogP contribution in [0.2, 0.25) is 0 Å². The van der Waals surface area contributed by atoms with Gasteiger partial charge >= 0.3 is 5.69 Å². The number of anilines is 1. The number of rotatable bonds is 6. The first kappa shape index (κ1) is 14.1. The fourth-order valence-electron chi connectivity index (χ4n) is 1.84. The molecular weight excluding hydrogens is 262 g/mol. The van der Waals surface area contributed by atoms with Crippen LogP contribution in [0, 0.1) is 10.1 Å². The van der Waals surface area contributed by atoms with E-state index in [-0.39, 0.29) is 29.1 Å². The van der Waals surface area contributed by atoms with Crippen LogP contribution in [0.4, 0.5) is 11.4 Å². The Morgan fingerprint density at radius 3 is 2.75 bits per heavy atom. The monoisotopic (exact) mass is 279 g/mol. The number of amides is 1. The summed E-state index contributed by atoms with van der Waals surface area (Å²) in [6.07, 6.45) is 2.00. The van der Waals surface area contributed by atoms with Crippen LogP contribution >= 0.6 is 0 Å². The molecule has 0 heterocycles. The second-order valence-electron chi connectivity index (χ2n) is 4.76.